The van der Waals surface area contributed by atoms with Crippen LogP contribution in [0.4, 0.5) is 11.6 Å². The standard InChI is InChI=1S/C31H39N5O2/c1-24(2)36-17-4-3-7-19-37-28-10-8-9-25(22-28)29-13-14-32-31(34-29)33-27-11-12-30(26(21-27)23-36)38-20-18-35-15-5-6-16-35/h3-4,8-14,21-22,24H,5-7,15-20,23H2,1-2H3,(H,32,33,34). The van der Waals surface area contributed by atoms with Crippen molar-refractivity contribution in [1.29, 1.82) is 0 Å². The minimum Gasteiger partial charge on any atom is -0.493 e. The maximum atomic E-state index is 6.35. The van der Waals surface area contributed by atoms with Crippen molar-refractivity contribution in [2.45, 2.75) is 45.7 Å². The van der Waals surface area contributed by atoms with Crippen molar-refractivity contribution in [1.82, 2.24) is 19.8 Å². The van der Waals surface area contributed by atoms with Gasteiger partial charge in [0.1, 0.15) is 18.1 Å². The van der Waals surface area contributed by atoms with Gasteiger partial charge in [0.25, 0.3) is 0 Å². The SMILES string of the molecule is CC(C)N1CC=CCCOc2cccc(c2)-c2ccnc(n2)Nc2ccc(OCCN3CCCC3)c(c2)C1. The van der Waals surface area contributed by atoms with Crippen LogP contribution in [-0.4, -0.2) is 65.2 Å². The zero-order valence-corrected chi connectivity index (χ0v) is 22.6. The maximum absolute atomic E-state index is 6.35. The second kappa shape index (κ2) is 12.9. The molecule has 5 rings (SSSR count). The number of ether oxygens (including phenoxy) is 2. The smallest absolute Gasteiger partial charge is 0.227 e. The average molecular weight is 514 g/mol. The van der Waals surface area contributed by atoms with Crippen molar-refractivity contribution in [3.8, 4) is 22.8 Å². The largest absolute Gasteiger partial charge is 0.493 e. The summed E-state index contributed by atoms with van der Waals surface area (Å²) in [5.74, 6) is 2.35. The van der Waals surface area contributed by atoms with Crippen molar-refractivity contribution in [2.24, 2.45) is 0 Å². The van der Waals surface area contributed by atoms with Gasteiger partial charge in [-0.15, -0.1) is 0 Å². The van der Waals surface area contributed by atoms with Gasteiger partial charge in [-0.05, 0) is 82.6 Å². The van der Waals surface area contributed by atoms with Gasteiger partial charge >= 0.3 is 0 Å². The Hall–Kier alpha value is -3.42. The molecule has 0 saturated carbocycles. The second-order valence-electron chi connectivity index (χ2n) is 10.3. The van der Waals surface area contributed by atoms with Crippen LogP contribution in [-0.2, 0) is 6.54 Å². The summed E-state index contributed by atoms with van der Waals surface area (Å²) in [7, 11) is 0. The first-order valence-electron chi connectivity index (χ1n) is 13.8. The summed E-state index contributed by atoms with van der Waals surface area (Å²) in [4.78, 5) is 14.2. The molecule has 3 heterocycles. The minimum atomic E-state index is 0.387. The predicted octanol–water partition coefficient (Wildman–Crippen LogP) is 5.91. The monoisotopic (exact) mass is 513 g/mol. The van der Waals surface area contributed by atoms with E-state index in [1.54, 1.807) is 6.20 Å². The number of aromatic nitrogens is 2. The number of anilines is 2. The summed E-state index contributed by atoms with van der Waals surface area (Å²) in [5.41, 5.74) is 3.95. The van der Waals surface area contributed by atoms with Gasteiger partial charge in [0.15, 0.2) is 0 Å². The first-order valence-corrected chi connectivity index (χ1v) is 13.8. The minimum absolute atomic E-state index is 0.387. The maximum Gasteiger partial charge on any atom is 0.227 e. The van der Waals surface area contributed by atoms with Gasteiger partial charge in [0.2, 0.25) is 5.95 Å². The van der Waals surface area contributed by atoms with Gasteiger partial charge in [-0.25, -0.2) is 9.97 Å². The van der Waals surface area contributed by atoms with Crippen LogP contribution >= 0.6 is 0 Å². The zero-order chi connectivity index (χ0) is 26.2. The van der Waals surface area contributed by atoms with Crippen molar-refractivity contribution in [3.05, 3.63) is 72.4 Å². The molecule has 1 aromatic heterocycles. The molecule has 2 aliphatic rings. The summed E-state index contributed by atoms with van der Waals surface area (Å²) in [6, 6.07) is 16.7. The third-order valence-corrected chi connectivity index (χ3v) is 7.13. The predicted molar refractivity (Wildman–Crippen MR) is 153 cm³/mol. The van der Waals surface area contributed by atoms with Gasteiger partial charge in [0.05, 0.1) is 12.3 Å². The molecular weight excluding hydrogens is 474 g/mol. The van der Waals surface area contributed by atoms with Gasteiger partial charge in [-0.3, -0.25) is 9.80 Å². The van der Waals surface area contributed by atoms with Crippen LogP contribution in [0.5, 0.6) is 11.5 Å². The highest BCUT2D eigenvalue weighted by Gasteiger charge is 2.16. The normalized spacial score (nSPS) is 16.9. The highest BCUT2D eigenvalue weighted by atomic mass is 16.5. The van der Waals surface area contributed by atoms with E-state index in [9.17, 15) is 0 Å². The summed E-state index contributed by atoms with van der Waals surface area (Å²) in [5, 5.41) is 3.42. The Bertz CT molecular complexity index is 1220. The highest BCUT2D eigenvalue weighted by Crippen LogP contribution is 2.28. The summed E-state index contributed by atoms with van der Waals surface area (Å²) in [6.45, 7) is 10.8. The Morgan fingerprint density at radius 3 is 2.82 bits per heavy atom. The lowest BCUT2D eigenvalue weighted by Gasteiger charge is -2.27. The van der Waals surface area contributed by atoms with E-state index in [1.165, 1.54) is 25.9 Å². The molecule has 1 saturated heterocycles. The topological polar surface area (TPSA) is 62.8 Å². The van der Waals surface area contributed by atoms with Gasteiger partial charge in [0, 0.05) is 48.7 Å². The molecule has 0 amide bonds. The highest BCUT2D eigenvalue weighted by molar-refractivity contribution is 5.64. The fourth-order valence-electron chi connectivity index (χ4n) is 4.92. The Kier molecular flexibility index (Phi) is 8.89. The van der Waals surface area contributed by atoms with E-state index in [2.05, 4.69) is 64.3 Å². The molecule has 2 aromatic carbocycles. The summed E-state index contributed by atoms with van der Waals surface area (Å²) < 4.78 is 12.4. The van der Waals surface area contributed by atoms with Crippen molar-refractivity contribution in [2.75, 3.05) is 44.7 Å². The van der Waals surface area contributed by atoms with E-state index in [0.717, 1.165) is 60.1 Å². The molecule has 0 aliphatic carbocycles. The Labute approximate surface area is 226 Å². The van der Waals surface area contributed by atoms with Crippen LogP contribution in [0.3, 0.4) is 0 Å². The summed E-state index contributed by atoms with van der Waals surface area (Å²) >= 11 is 0. The number of nitrogens with one attached hydrogen (secondary N) is 1. The Morgan fingerprint density at radius 2 is 1.95 bits per heavy atom. The van der Waals surface area contributed by atoms with Crippen LogP contribution in [0.1, 0.15) is 38.7 Å². The molecule has 200 valence electrons. The lowest BCUT2D eigenvalue weighted by Crippen LogP contribution is -2.31. The van der Waals surface area contributed by atoms with Crippen molar-refractivity contribution >= 4 is 11.6 Å². The Balaban J connectivity index is 1.43. The van der Waals surface area contributed by atoms with Crippen LogP contribution in [0.2, 0.25) is 0 Å². The first kappa shape index (κ1) is 26.2. The van der Waals surface area contributed by atoms with E-state index in [4.69, 9.17) is 14.5 Å². The van der Waals surface area contributed by atoms with E-state index < -0.39 is 0 Å². The molecular formula is C31H39N5O2. The molecule has 3 aromatic rings. The fourth-order valence-corrected chi connectivity index (χ4v) is 4.92. The van der Waals surface area contributed by atoms with Crippen molar-refractivity contribution in [3.63, 3.8) is 0 Å². The lowest BCUT2D eigenvalue weighted by atomic mass is 10.1. The molecule has 1 fully saturated rings. The second-order valence-corrected chi connectivity index (χ2v) is 10.3. The molecule has 38 heavy (non-hydrogen) atoms. The molecule has 2 aliphatic heterocycles. The number of rotatable bonds is 5. The first-order chi connectivity index (χ1) is 18.6. The van der Waals surface area contributed by atoms with Crippen LogP contribution in [0.15, 0.2) is 66.9 Å². The zero-order valence-electron chi connectivity index (χ0n) is 22.6. The van der Waals surface area contributed by atoms with E-state index in [0.29, 0.717) is 25.2 Å². The molecule has 0 spiro atoms. The van der Waals surface area contributed by atoms with Crippen LogP contribution in [0, 0.1) is 0 Å². The van der Waals surface area contributed by atoms with Gasteiger partial charge in [-0.1, -0.05) is 24.3 Å². The third kappa shape index (κ3) is 7.11. The number of fused-ring (bicyclic) bond motifs is 7. The molecule has 0 unspecified atom stereocenters. The number of nitrogens with zero attached hydrogens (tertiary/aromatic N) is 4. The van der Waals surface area contributed by atoms with E-state index in [1.807, 2.05) is 30.3 Å². The number of likely N-dealkylation sites (tertiary alicyclic amines) is 1. The van der Waals surface area contributed by atoms with E-state index >= 15 is 0 Å². The van der Waals surface area contributed by atoms with E-state index in [-0.39, 0.29) is 0 Å². The molecule has 7 nitrogen and oxygen atoms in total. The average Bonchev–Trinajstić information content (AvgIpc) is 3.44. The van der Waals surface area contributed by atoms with Gasteiger partial charge in [-0.2, -0.15) is 0 Å². The van der Waals surface area contributed by atoms with Crippen LogP contribution < -0.4 is 14.8 Å². The fraction of sp³-hybridized carbons (Fsp3) is 0.419. The number of hydrogen-bond acceptors (Lipinski definition) is 7. The lowest BCUT2D eigenvalue weighted by molar-refractivity contribution is 0.218. The molecule has 7 heteroatoms. The quantitative estimate of drug-likeness (QED) is 0.426. The Morgan fingerprint density at radius 1 is 1.05 bits per heavy atom. The van der Waals surface area contributed by atoms with Crippen LogP contribution in [0.25, 0.3) is 11.3 Å². The van der Waals surface area contributed by atoms with Crippen molar-refractivity contribution < 1.29 is 9.47 Å². The molecule has 6 bridgehead atoms. The number of hydrogen-bond donors (Lipinski definition) is 1. The molecule has 1 N–H and O–H groups in total. The van der Waals surface area contributed by atoms with Gasteiger partial charge < -0.3 is 14.8 Å². The molecule has 0 atom stereocenters. The third-order valence-electron chi connectivity index (χ3n) is 7.13. The number of benzene rings is 2. The molecule has 0 radical (unpaired) electrons. The summed E-state index contributed by atoms with van der Waals surface area (Å²) in [6.07, 6.45) is 9.70.